The minimum Gasteiger partial charge on any atom is -0.493 e. The first kappa shape index (κ1) is 19.8. The number of nitrogens with zero attached hydrogens (tertiary/aromatic N) is 1. The van der Waals surface area contributed by atoms with Crippen LogP contribution in [-0.2, 0) is 14.3 Å². The Morgan fingerprint density at radius 2 is 1.92 bits per heavy atom. The Morgan fingerprint density at radius 3 is 2.50 bits per heavy atom. The molecule has 0 bridgehead atoms. The Bertz CT molecular complexity index is 532. The molecule has 0 saturated carbocycles. The van der Waals surface area contributed by atoms with E-state index in [9.17, 15) is 14.7 Å². The molecule has 1 amide bonds. The number of benzene rings is 1. The van der Waals surface area contributed by atoms with E-state index in [1.807, 2.05) is 0 Å². The number of para-hydroxylation sites is 2. The fourth-order valence-electron chi connectivity index (χ4n) is 2.06. The Hall–Kier alpha value is -2.28. The topological polar surface area (TPSA) is 85.3 Å². The maximum absolute atomic E-state index is 12.3. The number of carbonyl (C=O) groups excluding carboxylic acids is 2. The number of carbonyl (C=O) groups is 2. The predicted octanol–water partition coefficient (Wildman–Crippen LogP) is 1.24. The number of hydrogen-bond acceptors (Lipinski definition) is 6. The average Bonchev–Trinajstić information content (AvgIpc) is 2.56. The molecular weight excluding hydrogens is 314 g/mol. The third-order valence-electron chi connectivity index (χ3n) is 3.15. The van der Waals surface area contributed by atoms with Gasteiger partial charge >= 0.3 is 5.97 Å². The molecule has 0 saturated heterocycles. The van der Waals surface area contributed by atoms with Crippen LogP contribution in [0.25, 0.3) is 0 Å². The molecule has 1 rings (SSSR count). The molecule has 24 heavy (non-hydrogen) atoms. The molecule has 0 aromatic heterocycles. The molecule has 0 heterocycles. The lowest BCUT2D eigenvalue weighted by atomic mass is 10.3. The zero-order valence-electron chi connectivity index (χ0n) is 14.4. The Kier molecular flexibility index (Phi) is 8.64. The van der Waals surface area contributed by atoms with Crippen molar-refractivity contribution in [2.45, 2.75) is 26.4 Å². The van der Waals surface area contributed by atoms with Crippen LogP contribution in [0.2, 0.25) is 0 Å². The van der Waals surface area contributed by atoms with Gasteiger partial charge in [0.1, 0.15) is 0 Å². The SMILES string of the molecule is CCOC(=O)CCN(CC(C)O)C(=O)COc1ccccc1OC. The van der Waals surface area contributed by atoms with Gasteiger partial charge in [-0.3, -0.25) is 9.59 Å². The summed E-state index contributed by atoms with van der Waals surface area (Å²) in [6.07, 6.45) is -0.636. The van der Waals surface area contributed by atoms with Crippen molar-refractivity contribution in [2.75, 3.05) is 33.4 Å². The molecule has 0 fully saturated rings. The minimum absolute atomic E-state index is 0.0704. The number of aliphatic hydroxyl groups is 1. The van der Waals surface area contributed by atoms with Crippen LogP contribution in [0.3, 0.4) is 0 Å². The van der Waals surface area contributed by atoms with E-state index in [4.69, 9.17) is 14.2 Å². The Balaban J connectivity index is 2.61. The number of esters is 1. The second kappa shape index (κ2) is 10.5. The molecule has 1 aromatic rings. The van der Waals surface area contributed by atoms with Gasteiger partial charge < -0.3 is 24.2 Å². The lowest BCUT2D eigenvalue weighted by Gasteiger charge is -2.24. The van der Waals surface area contributed by atoms with Crippen LogP contribution in [-0.4, -0.2) is 61.4 Å². The highest BCUT2D eigenvalue weighted by molar-refractivity contribution is 5.78. The van der Waals surface area contributed by atoms with Crippen LogP contribution >= 0.6 is 0 Å². The number of methoxy groups -OCH3 is 1. The number of hydrogen-bond donors (Lipinski definition) is 1. The molecule has 7 heteroatoms. The van der Waals surface area contributed by atoms with E-state index in [2.05, 4.69) is 0 Å². The normalized spacial score (nSPS) is 11.5. The van der Waals surface area contributed by atoms with Gasteiger partial charge in [-0.25, -0.2) is 0 Å². The number of rotatable bonds is 10. The van der Waals surface area contributed by atoms with E-state index >= 15 is 0 Å². The standard InChI is InChI=1S/C17H25NO6/c1-4-23-17(21)9-10-18(11-13(2)19)16(20)12-24-15-8-6-5-7-14(15)22-3/h5-8,13,19H,4,9-12H2,1-3H3. The number of amides is 1. The van der Waals surface area contributed by atoms with E-state index in [-0.39, 0.29) is 38.0 Å². The zero-order valence-corrected chi connectivity index (χ0v) is 14.4. The van der Waals surface area contributed by atoms with Crippen LogP contribution in [0.1, 0.15) is 20.3 Å². The summed E-state index contributed by atoms with van der Waals surface area (Å²) in [5.74, 6) is 0.271. The summed E-state index contributed by atoms with van der Waals surface area (Å²) in [6, 6.07) is 7.00. The van der Waals surface area contributed by atoms with Gasteiger partial charge in [0, 0.05) is 13.1 Å². The van der Waals surface area contributed by atoms with E-state index < -0.39 is 6.10 Å². The van der Waals surface area contributed by atoms with Crippen molar-refractivity contribution in [1.82, 2.24) is 4.90 Å². The average molecular weight is 339 g/mol. The molecule has 0 spiro atoms. The largest absolute Gasteiger partial charge is 0.493 e. The van der Waals surface area contributed by atoms with Gasteiger partial charge in [0.25, 0.3) is 5.91 Å². The van der Waals surface area contributed by atoms with E-state index in [0.717, 1.165) is 0 Å². The molecule has 1 aromatic carbocycles. The van der Waals surface area contributed by atoms with Crippen LogP contribution in [0, 0.1) is 0 Å². The van der Waals surface area contributed by atoms with Gasteiger partial charge in [0.15, 0.2) is 18.1 Å². The Morgan fingerprint density at radius 1 is 1.25 bits per heavy atom. The highest BCUT2D eigenvalue weighted by Gasteiger charge is 2.18. The van der Waals surface area contributed by atoms with E-state index in [1.54, 1.807) is 38.1 Å². The highest BCUT2D eigenvalue weighted by Crippen LogP contribution is 2.25. The van der Waals surface area contributed by atoms with Crippen LogP contribution in [0.4, 0.5) is 0 Å². The van der Waals surface area contributed by atoms with Gasteiger partial charge in [-0.1, -0.05) is 12.1 Å². The summed E-state index contributed by atoms with van der Waals surface area (Å²) in [4.78, 5) is 25.2. The maximum Gasteiger partial charge on any atom is 0.307 e. The van der Waals surface area contributed by atoms with Crippen LogP contribution < -0.4 is 9.47 Å². The summed E-state index contributed by atoms with van der Waals surface area (Å²) in [5.41, 5.74) is 0. The smallest absolute Gasteiger partial charge is 0.307 e. The van der Waals surface area contributed by atoms with Crippen molar-refractivity contribution in [3.63, 3.8) is 0 Å². The molecular formula is C17H25NO6. The molecule has 1 unspecified atom stereocenters. The van der Waals surface area contributed by atoms with Gasteiger partial charge in [0.2, 0.25) is 0 Å². The maximum atomic E-state index is 12.3. The third-order valence-corrected chi connectivity index (χ3v) is 3.15. The summed E-state index contributed by atoms with van der Waals surface area (Å²) >= 11 is 0. The minimum atomic E-state index is -0.706. The van der Waals surface area contributed by atoms with Crippen molar-refractivity contribution >= 4 is 11.9 Å². The second-order valence-electron chi connectivity index (χ2n) is 5.18. The molecule has 0 aliphatic rings. The summed E-state index contributed by atoms with van der Waals surface area (Å²) in [7, 11) is 1.52. The summed E-state index contributed by atoms with van der Waals surface area (Å²) < 4.78 is 15.5. The highest BCUT2D eigenvalue weighted by atomic mass is 16.5. The second-order valence-corrected chi connectivity index (χ2v) is 5.18. The third kappa shape index (κ3) is 6.87. The van der Waals surface area contributed by atoms with E-state index in [0.29, 0.717) is 18.1 Å². The van der Waals surface area contributed by atoms with Gasteiger partial charge in [-0.15, -0.1) is 0 Å². The van der Waals surface area contributed by atoms with Crippen molar-refractivity contribution in [3.8, 4) is 11.5 Å². The predicted molar refractivity (Wildman–Crippen MR) is 88.0 cm³/mol. The summed E-state index contributed by atoms with van der Waals surface area (Å²) in [5, 5.41) is 9.54. The summed E-state index contributed by atoms with van der Waals surface area (Å²) in [6.45, 7) is 3.66. The fourth-order valence-corrected chi connectivity index (χ4v) is 2.06. The van der Waals surface area contributed by atoms with Crippen LogP contribution in [0.5, 0.6) is 11.5 Å². The Labute approximate surface area is 142 Å². The van der Waals surface area contributed by atoms with Crippen molar-refractivity contribution in [2.24, 2.45) is 0 Å². The molecule has 1 atom stereocenters. The van der Waals surface area contributed by atoms with Crippen molar-refractivity contribution in [3.05, 3.63) is 24.3 Å². The monoisotopic (exact) mass is 339 g/mol. The van der Waals surface area contributed by atoms with Crippen molar-refractivity contribution < 1.29 is 28.9 Å². The molecule has 0 aliphatic heterocycles. The zero-order chi connectivity index (χ0) is 17.9. The quantitative estimate of drug-likeness (QED) is 0.646. The molecule has 1 N–H and O–H groups in total. The van der Waals surface area contributed by atoms with E-state index in [1.165, 1.54) is 12.0 Å². The molecule has 134 valence electrons. The molecule has 0 aliphatic carbocycles. The van der Waals surface area contributed by atoms with Crippen molar-refractivity contribution in [1.29, 1.82) is 0 Å². The van der Waals surface area contributed by atoms with Gasteiger partial charge in [-0.05, 0) is 26.0 Å². The lowest BCUT2D eigenvalue weighted by molar-refractivity contribution is -0.144. The van der Waals surface area contributed by atoms with Crippen LogP contribution in [0.15, 0.2) is 24.3 Å². The van der Waals surface area contributed by atoms with Gasteiger partial charge in [0.05, 0.1) is 26.2 Å². The first-order valence-electron chi connectivity index (χ1n) is 7.85. The molecule has 7 nitrogen and oxygen atoms in total. The van der Waals surface area contributed by atoms with Gasteiger partial charge in [-0.2, -0.15) is 0 Å². The molecule has 0 radical (unpaired) electrons. The first-order valence-corrected chi connectivity index (χ1v) is 7.85. The first-order chi connectivity index (χ1) is 11.5. The number of aliphatic hydroxyl groups excluding tert-OH is 1. The fraction of sp³-hybridized carbons (Fsp3) is 0.529. The number of ether oxygens (including phenoxy) is 3. The lowest BCUT2D eigenvalue weighted by Crippen LogP contribution is -2.40.